The van der Waals surface area contributed by atoms with Crippen LogP contribution in [0, 0.1) is 5.41 Å². The van der Waals surface area contributed by atoms with Crippen molar-refractivity contribution in [3.05, 3.63) is 35.4 Å². The molecule has 3 nitrogen and oxygen atoms in total. The molecular weight excluding hydrogens is 238 g/mol. The molecule has 0 spiro atoms. The van der Waals surface area contributed by atoms with Gasteiger partial charge in [-0.2, -0.15) is 0 Å². The van der Waals surface area contributed by atoms with Crippen molar-refractivity contribution >= 4 is 0 Å². The Bertz CT molecular complexity index is 419. The topological polar surface area (TPSA) is 55.5 Å². The van der Waals surface area contributed by atoms with E-state index in [1.54, 1.807) is 0 Å². The Morgan fingerprint density at radius 3 is 2.37 bits per heavy atom. The van der Waals surface area contributed by atoms with E-state index in [1.165, 1.54) is 18.4 Å². The normalized spacial score (nSPS) is 24.1. The molecule has 1 saturated heterocycles. The lowest BCUT2D eigenvalue weighted by Crippen LogP contribution is -2.41. The molecule has 0 radical (unpaired) electrons. The van der Waals surface area contributed by atoms with E-state index in [0.717, 1.165) is 24.3 Å². The van der Waals surface area contributed by atoms with E-state index in [-0.39, 0.29) is 5.41 Å². The molecule has 1 unspecified atom stereocenters. The van der Waals surface area contributed by atoms with E-state index >= 15 is 0 Å². The first-order valence-corrected chi connectivity index (χ1v) is 7.31. The fourth-order valence-corrected chi connectivity index (χ4v) is 3.09. The van der Waals surface area contributed by atoms with E-state index in [9.17, 15) is 5.11 Å². The number of hydrogen-bond donors (Lipinski definition) is 2. The predicted octanol–water partition coefficient (Wildman–Crippen LogP) is 2.35. The maximum absolute atomic E-state index is 10.7. The number of rotatable bonds is 4. The fourth-order valence-electron chi connectivity index (χ4n) is 3.09. The van der Waals surface area contributed by atoms with Crippen LogP contribution in [0.25, 0.3) is 0 Å². The summed E-state index contributed by atoms with van der Waals surface area (Å²) in [6, 6.07) is 8.48. The zero-order valence-electron chi connectivity index (χ0n) is 11.3. The van der Waals surface area contributed by atoms with Crippen LogP contribution >= 0.6 is 0 Å². The van der Waals surface area contributed by atoms with E-state index in [4.69, 9.17) is 10.5 Å². The lowest BCUT2D eigenvalue weighted by atomic mass is 9.73. The van der Waals surface area contributed by atoms with Gasteiger partial charge in [0, 0.05) is 25.2 Å². The van der Waals surface area contributed by atoms with E-state index in [1.807, 2.05) is 0 Å². The molecule has 0 aromatic heterocycles. The Hall–Kier alpha value is -0.900. The van der Waals surface area contributed by atoms with Crippen molar-refractivity contribution in [2.45, 2.75) is 37.7 Å². The van der Waals surface area contributed by atoms with Gasteiger partial charge in [0.1, 0.15) is 0 Å². The Kier molecular flexibility index (Phi) is 3.61. The van der Waals surface area contributed by atoms with Gasteiger partial charge in [0.05, 0.1) is 6.10 Å². The molecule has 3 rings (SSSR count). The largest absolute Gasteiger partial charge is 0.388 e. The fraction of sp³-hybridized carbons (Fsp3) is 0.625. The second-order valence-electron chi connectivity index (χ2n) is 6.02. The summed E-state index contributed by atoms with van der Waals surface area (Å²) in [4.78, 5) is 0. The van der Waals surface area contributed by atoms with Gasteiger partial charge in [0.25, 0.3) is 0 Å². The number of aliphatic hydroxyl groups excluding tert-OH is 1. The molecule has 1 saturated carbocycles. The second kappa shape index (κ2) is 5.23. The van der Waals surface area contributed by atoms with Crippen LogP contribution in [0.3, 0.4) is 0 Å². The van der Waals surface area contributed by atoms with Crippen molar-refractivity contribution in [2.75, 3.05) is 19.8 Å². The first kappa shape index (κ1) is 13.1. The van der Waals surface area contributed by atoms with Gasteiger partial charge in [-0.15, -0.1) is 0 Å². The van der Waals surface area contributed by atoms with E-state index in [0.29, 0.717) is 19.8 Å². The van der Waals surface area contributed by atoms with Crippen LogP contribution in [0.2, 0.25) is 0 Å². The Balaban J connectivity index is 1.78. The quantitative estimate of drug-likeness (QED) is 0.874. The smallest absolute Gasteiger partial charge is 0.0860 e. The van der Waals surface area contributed by atoms with E-state index in [2.05, 4.69) is 24.3 Å². The minimum atomic E-state index is -0.477. The van der Waals surface area contributed by atoms with Gasteiger partial charge in [-0.25, -0.2) is 0 Å². The molecule has 3 heteroatoms. The lowest BCUT2D eigenvalue weighted by molar-refractivity contribution is -0.0581. The van der Waals surface area contributed by atoms with Crippen LogP contribution in [0.5, 0.6) is 0 Å². The summed E-state index contributed by atoms with van der Waals surface area (Å²) in [5, 5.41) is 10.7. The summed E-state index contributed by atoms with van der Waals surface area (Å²) in [6.45, 7) is 1.92. The maximum atomic E-state index is 10.7. The van der Waals surface area contributed by atoms with Crippen molar-refractivity contribution in [2.24, 2.45) is 11.1 Å². The van der Waals surface area contributed by atoms with Gasteiger partial charge in [0.15, 0.2) is 0 Å². The molecule has 0 amide bonds. The van der Waals surface area contributed by atoms with Crippen LogP contribution in [0.1, 0.15) is 48.8 Å². The van der Waals surface area contributed by atoms with Gasteiger partial charge < -0.3 is 15.6 Å². The third kappa shape index (κ3) is 2.55. The average Bonchev–Trinajstić information content (AvgIpc) is 3.32. The summed E-state index contributed by atoms with van der Waals surface area (Å²) < 4.78 is 5.40. The first-order chi connectivity index (χ1) is 9.25. The number of benzene rings is 1. The van der Waals surface area contributed by atoms with Crippen molar-refractivity contribution in [1.82, 2.24) is 0 Å². The molecule has 19 heavy (non-hydrogen) atoms. The first-order valence-electron chi connectivity index (χ1n) is 7.31. The Morgan fingerprint density at radius 1 is 1.21 bits per heavy atom. The number of aliphatic hydroxyl groups is 1. The van der Waals surface area contributed by atoms with Gasteiger partial charge in [-0.3, -0.25) is 0 Å². The van der Waals surface area contributed by atoms with Gasteiger partial charge in [-0.1, -0.05) is 24.3 Å². The van der Waals surface area contributed by atoms with Gasteiger partial charge in [-0.05, 0) is 42.7 Å². The minimum absolute atomic E-state index is 0.209. The molecule has 104 valence electrons. The van der Waals surface area contributed by atoms with Crippen LogP contribution in [0.15, 0.2) is 24.3 Å². The highest BCUT2D eigenvalue weighted by atomic mass is 16.5. The summed E-state index contributed by atoms with van der Waals surface area (Å²) in [5.74, 6) is 0.762. The molecule has 2 aliphatic rings. The molecule has 3 N–H and O–H groups in total. The second-order valence-corrected chi connectivity index (χ2v) is 6.02. The van der Waals surface area contributed by atoms with Gasteiger partial charge in [0.2, 0.25) is 0 Å². The summed E-state index contributed by atoms with van der Waals surface area (Å²) >= 11 is 0. The average molecular weight is 261 g/mol. The van der Waals surface area contributed by atoms with Crippen LogP contribution in [-0.2, 0) is 4.74 Å². The van der Waals surface area contributed by atoms with Crippen molar-refractivity contribution in [3.63, 3.8) is 0 Å². The molecule has 1 aromatic carbocycles. The van der Waals surface area contributed by atoms with Crippen LogP contribution in [-0.4, -0.2) is 24.9 Å². The van der Waals surface area contributed by atoms with Crippen molar-refractivity contribution < 1.29 is 9.84 Å². The van der Waals surface area contributed by atoms with Gasteiger partial charge >= 0.3 is 0 Å². The standard InChI is InChI=1S/C16H23NO2/c17-11-16(7-9-19-10-8-16)15(18)14-5-3-13(4-6-14)12-1-2-12/h3-6,12,15,18H,1-2,7-11,17H2. The molecule has 1 atom stereocenters. The summed E-state index contributed by atoms with van der Waals surface area (Å²) in [5.41, 5.74) is 8.14. The molecule has 1 aromatic rings. The highest BCUT2D eigenvalue weighted by Gasteiger charge is 2.39. The predicted molar refractivity (Wildman–Crippen MR) is 74.9 cm³/mol. The number of ether oxygens (including phenoxy) is 1. The SMILES string of the molecule is NCC1(C(O)c2ccc(C3CC3)cc2)CCOCC1. The Morgan fingerprint density at radius 2 is 1.84 bits per heavy atom. The third-order valence-corrected chi connectivity index (χ3v) is 4.78. The molecule has 1 aliphatic carbocycles. The highest BCUT2D eigenvalue weighted by molar-refractivity contribution is 5.30. The summed E-state index contributed by atoms with van der Waals surface area (Å²) in [7, 11) is 0. The van der Waals surface area contributed by atoms with Crippen molar-refractivity contribution in [3.8, 4) is 0 Å². The Labute approximate surface area is 114 Å². The zero-order chi connectivity index (χ0) is 13.3. The van der Waals surface area contributed by atoms with Crippen LogP contribution < -0.4 is 5.73 Å². The maximum Gasteiger partial charge on any atom is 0.0860 e. The highest BCUT2D eigenvalue weighted by Crippen LogP contribution is 2.43. The van der Waals surface area contributed by atoms with E-state index < -0.39 is 6.10 Å². The summed E-state index contributed by atoms with van der Waals surface area (Å²) in [6.07, 6.45) is 3.83. The zero-order valence-corrected chi connectivity index (χ0v) is 11.3. The molecule has 0 bridgehead atoms. The lowest BCUT2D eigenvalue weighted by Gasteiger charge is -2.40. The third-order valence-electron chi connectivity index (χ3n) is 4.78. The molecule has 1 heterocycles. The van der Waals surface area contributed by atoms with Crippen LogP contribution in [0.4, 0.5) is 0 Å². The molecular formula is C16H23NO2. The monoisotopic (exact) mass is 261 g/mol. The molecule has 1 aliphatic heterocycles. The number of nitrogens with two attached hydrogens (primary N) is 1. The molecule has 2 fully saturated rings. The minimum Gasteiger partial charge on any atom is -0.388 e. The number of hydrogen-bond acceptors (Lipinski definition) is 3. The van der Waals surface area contributed by atoms with Crippen molar-refractivity contribution in [1.29, 1.82) is 0 Å².